The van der Waals surface area contributed by atoms with E-state index < -0.39 is 11.7 Å². The topological polar surface area (TPSA) is 39.1 Å². The van der Waals surface area contributed by atoms with Gasteiger partial charge in [-0.3, -0.25) is 4.68 Å². The first-order valence-corrected chi connectivity index (χ1v) is 6.31. The molecule has 1 heterocycles. The van der Waals surface area contributed by atoms with Gasteiger partial charge in [0.2, 0.25) is 0 Å². The Balaban J connectivity index is 2.11. The van der Waals surface area contributed by atoms with Crippen LogP contribution in [0.5, 0.6) is 0 Å². The van der Waals surface area contributed by atoms with Crippen LogP contribution < -0.4 is 5.32 Å². The zero-order valence-corrected chi connectivity index (χ0v) is 11.2. The molecule has 1 aromatic rings. The Morgan fingerprint density at radius 3 is 2.68 bits per heavy atom. The van der Waals surface area contributed by atoms with Crippen molar-refractivity contribution in [1.29, 1.82) is 0 Å². The third-order valence-corrected chi connectivity index (χ3v) is 2.43. The number of alkyl halides is 3. The van der Waals surface area contributed by atoms with Gasteiger partial charge in [-0.1, -0.05) is 0 Å². The van der Waals surface area contributed by atoms with E-state index in [1.165, 1.54) is 4.68 Å². The number of halogens is 3. The molecule has 0 aromatic carbocycles. The summed E-state index contributed by atoms with van der Waals surface area (Å²) in [5.41, 5.74) is -0.710. The minimum absolute atomic E-state index is 0.227. The lowest BCUT2D eigenvalue weighted by atomic mass is 10.3. The number of ether oxygens (including phenoxy) is 1. The van der Waals surface area contributed by atoms with Crippen molar-refractivity contribution in [3.63, 3.8) is 0 Å². The van der Waals surface area contributed by atoms with Gasteiger partial charge in [-0.05, 0) is 26.8 Å². The van der Waals surface area contributed by atoms with E-state index in [9.17, 15) is 13.2 Å². The number of rotatable bonds is 8. The highest BCUT2D eigenvalue weighted by Gasteiger charge is 2.31. The van der Waals surface area contributed by atoms with Gasteiger partial charge >= 0.3 is 6.18 Å². The highest BCUT2D eigenvalue weighted by atomic mass is 19.4. The van der Waals surface area contributed by atoms with Gasteiger partial charge in [-0.2, -0.15) is 18.3 Å². The minimum Gasteiger partial charge on any atom is -0.379 e. The number of hydrogen-bond donors (Lipinski definition) is 1. The monoisotopic (exact) mass is 279 g/mol. The maximum atomic E-state index is 12.3. The average molecular weight is 279 g/mol. The second-order valence-electron chi connectivity index (χ2n) is 4.51. The summed E-state index contributed by atoms with van der Waals surface area (Å²) in [6, 6.07) is 0. The minimum atomic E-state index is -4.32. The number of nitrogens with zero attached hydrogens (tertiary/aromatic N) is 2. The van der Waals surface area contributed by atoms with Crippen molar-refractivity contribution in [2.24, 2.45) is 0 Å². The van der Waals surface area contributed by atoms with Gasteiger partial charge in [0.1, 0.15) is 0 Å². The summed E-state index contributed by atoms with van der Waals surface area (Å²) in [7, 11) is 0. The molecule has 19 heavy (non-hydrogen) atoms. The number of hydrogen-bond acceptors (Lipinski definition) is 3. The van der Waals surface area contributed by atoms with Crippen LogP contribution in [0, 0.1) is 0 Å². The lowest BCUT2D eigenvalue weighted by Crippen LogP contribution is -2.22. The van der Waals surface area contributed by atoms with Crippen LogP contribution in [0.25, 0.3) is 0 Å². The van der Waals surface area contributed by atoms with Gasteiger partial charge < -0.3 is 10.1 Å². The Kier molecular flexibility index (Phi) is 6.30. The fourth-order valence-electron chi connectivity index (χ4n) is 1.47. The van der Waals surface area contributed by atoms with Crippen molar-refractivity contribution in [3.05, 3.63) is 18.0 Å². The Morgan fingerprint density at radius 1 is 1.37 bits per heavy atom. The van der Waals surface area contributed by atoms with Crippen molar-refractivity contribution in [3.8, 4) is 0 Å². The van der Waals surface area contributed by atoms with Gasteiger partial charge in [0.15, 0.2) is 0 Å². The average Bonchev–Trinajstić information content (AvgIpc) is 2.75. The molecule has 0 fully saturated rings. The van der Waals surface area contributed by atoms with Crippen LogP contribution in [0.1, 0.15) is 25.8 Å². The quantitative estimate of drug-likeness (QED) is 0.742. The molecule has 0 saturated heterocycles. The molecule has 0 aliphatic heterocycles. The highest BCUT2D eigenvalue weighted by Crippen LogP contribution is 2.28. The molecule has 0 amide bonds. The van der Waals surface area contributed by atoms with Crippen LogP contribution in [-0.2, 0) is 17.5 Å². The number of aromatic nitrogens is 2. The largest absolute Gasteiger partial charge is 0.419 e. The SMILES string of the molecule is CC(C)OCCCNCCn1cc(C(F)(F)F)cn1. The Labute approximate surface area is 110 Å². The first-order valence-electron chi connectivity index (χ1n) is 6.31. The highest BCUT2D eigenvalue weighted by molar-refractivity contribution is 5.08. The van der Waals surface area contributed by atoms with Gasteiger partial charge in [0, 0.05) is 19.3 Å². The molecule has 1 rings (SSSR count). The summed E-state index contributed by atoms with van der Waals surface area (Å²) >= 11 is 0. The molecule has 1 N–H and O–H groups in total. The van der Waals surface area contributed by atoms with E-state index in [1.54, 1.807) is 0 Å². The van der Waals surface area contributed by atoms with Crippen molar-refractivity contribution in [2.75, 3.05) is 19.7 Å². The van der Waals surface area contributed by atoms with Gasteiger partial charge in [-0.25, -0.2) is 0 Å². The maximum absolute atomic E-state index is 12.3. The van der Waals surface area contributed by atoms with E-state index in [0.29, 0.717) is 19.7 Å². The zero-order chi connectivity index (χ0) is 14.3. The summed E-state index contributed by atoms with van der Waals surface area (Å²) < 4.78 is 43.6. The Bertz CT molecular complexity index is 363. The standard InChI is InChI=1S/C12H20F3N3O/c1-10(2)19-7-3-4-16-5-6-18-9-11(8-17-18)12(13,14)15/h8-10,16H,3-7H2,1-2H3. The summed E-state index contributed by atoms with van der Waals surface area (Å²) in [5, 5.41) is 6.81. The van der Waals surface area contributed by atoms with Crippen molar-refractivity contribution < 1.29 is 17.9 Å². The van der Waals surface area contributed by atoms with Gasteiger partial charge in [-0.15, -0.1) is 0 Å². The molecule has 110 valence electrons. The van der Waals surface area contributed by atoms with E-state index in [2.05, 4.69) is 10.4 Å². The molecular weight excluding hydrogens is 259 g/mol. The molecule has 0 aliphatic rings. The normalized spacial score (nSPS) is 12.3. The molecular formula is C12H20F3N3O. The van der Waals surface area contributed by atoms with Crippen molar-refractivity contribution in [2.45, 2.75) is 39.1 Å². The molecule has 7 heteroatoms. The molecule has 0 radical (unpaired) electrons. The van der Waals surface area contributed by atoms with E-state index >= 15 is 0 Å². The summed E-state index contributed by atoms with van der Waals surface area (Å²) in [5.74, 6) is 0. The van der Waals surface area contributed by atoms with E-state index in [4.69, 9.17) is 4.74 Å². The Morgan fingerprint density at radius 2 is 2.11 bits per heavy atom. The molecule has 0 unspecified atom stereocenters. The van der Waals surface area contributed by atoms with Crippen LogP contribution in [0.4, 0.5) is 13.2 Å². The first kappa shape index (κ1) is 16.0. The molecule has 0 saturated carbocycles. The van der Waals surface area contributed by atoms with E-state index in [-0.39, 0.29) is 6.10 Å². The fraction of sp³-hybridized carbons (Fsp3) is 0.750. The lowest BCUT2D eigenvalue weighted by Gasteiger charge is -2.08. The van der Waals surface area contributed by atoms with Crippen LogP contribution in [-0.4, -0.2) is 35.6 Å². The van der Waals surface area contributed by atoms with E-state index in [0.717, 1.165) is 25.4 Å². The van der Waals surface area contributed by atoms with Crippen LogP contribution in [0.3, 0.4) is 0 Å². The van der Waals surface area contributed by atoms with Crippen LogP contribution in [0.2, 0.25) is 0 Å². The zero-order valence-electron chi connectivity index (χ0n) is 11.2. The third kappa shape index (κ3) is 6.58. The molecule has 0 bridgehead atoms. The lowest BCUT2D eigenvalue weighted by molar-refractivity contribution is -0.137. The summed E-state index contributed by atoms with van der Waals surface area (Å²) in [6.45, 7) is 6.42. The number of nitrogens with one attached hydrogen (secondary N) is 1. The van der Waals surface area contributed by atoms with Crippen LogP contribution in [0.15, 0.2) is 12.4 Å². The Hall–Kier alpha value is -1.08. The maximum Gasteiger partial charge on any atom is 0.419 e. The smallest absolute Gasteiger partial charge is 0.379 e. The summed E-state index contributed by atoms with van der Waals surface area (Å²) in [4.78, 5) is 0. The third-order valence-electron chi connectivity index (χ3n) is 2.43. The second-order valence-corrected chi connectivity index (χ2v) is 4.51. The van der Waals surface area contributed by atoms with Gasteiger partial charge in [0.25, 0.3) is 0 Å². The predicted octanol–water partition coefficient (Wildman–Crippen LogP) is 2.31. The van der Waals surface area contributed by atoms with Gasteiger partial charge in [0.05, 0.1) is 24.4 Å². The molecule has 0 spiro atoms. The van der Waals surface area contributed by atoms with Crippen LogP contribution >= 0.6 is 0 Å². The predicted molar refractivity (Wildman–Crippen MR) is 65.8 cm³/mol. The molecule has 0 atom stereocenters. The molecule has 1 aromatic heterocycles. The summed E-state index contributed by atoms with van der Waals surface area (Å²) in [6.07, 6.45) is -1.35. The first-order chi connectivity index (χ1) is 8.89. The molecule has 4 nitrogen and oxygen atoms in total. The molecule has 0 aliphatic carbocycles. The van der Waals surface area contributed by atoms with Crippen molar-refractivity contribution in [1.82, 2.24) is 15.1 Å². The second kappa shape index (κ2) is 7.49. The fourth-order valence-corrected chi connectivity index (χ4v) is 1.47. The van der Waals surface area contributed by atoms with E-state index in [1.807, 2.05) is 13.8 Å². The van der Waals surface area contributed by atoms with Crippen molar-refractivity contribution >= 4 is 0 Å².